The summed E-state index contributed by atoms with van der Waals surface area (Å²) in [5.41, 5.74) is -0.850. The fourth-order valence-corrected chi connectivity index (χ4v) is 3.19. The van der Waals surface area contributed by atoms with Crippen LogP contribution >= 0.6 is 0 Å². The minimum Gasteiger partial charge on any atom is -0.387 e. The molecule has 0 aromatic carbocycles. The number of amides is 1. The number of nitrogens with zero attached hydrogens (tertiary/aromatic N) is 5. The summed E-state index contributed by atoms with van der Waals surface area (Å²) < 4.78 is 6.91. The summed E-state index contributed by atoms with van der Waals surface area (Å²) in [6, 6.07) is 0. The number of hydrogen-bond donors (Lipinski definition) is 1. The van der Waals surface area contributed by atoms with Crippen LogP contribution in [-0.2, 0) is 16.1 Å². The zero-order valence-electron chi connectivity index (χ0n) is 12.7. The third-order valence-corrected chi connectivity index (χ3v) is 4.29. The Morgan fingerprint density at radius 1 is 1.32 bits per heavy atom. The molecule has 0 bridgehead atoms. The van der Waals surface area contributed by atoms with Gasteiger partial charge in [0.2, 0.25) is 5.91 Å². The summed E-state index contributed by atoms with van der Waals surface area (Å²) in [5.74, 6) is 0.119. The molecule has 1 N–H and O–H groups in total. The van der Waals surface area contributed by atoms with E-state index in [1.807, 2.05) is 9.80 Å². The molecular weight excluding hydrogens is 286 g/mol. The highest BCUT2D eigenvalue weighted by molar-refractivity contribution is 5.78. The Morgan fingerprint density at radius 3 is 2.86 bits per heavy atom. The summed E-state index contributed by atoms with van der Waals surface area (Å²) in [5, 5.41) is 18.4. The van der Waals surface area contributed by atoms with Gasteiger partial charge in [-0.3, -0.25) is 9.69 Å². The molecule has 8 heteroatoms. The monoisotopic (exact) mass is 309 g/mol. The molecule has 0 aliphatic carbocycles. The number of ether oxygens (including phenoxy) is 1. The number of likely N-dealkylation sites (tertiary alicyclic amines) is 1. The van der Waals surface area contributed by atoms with Gasteiger partial charge in [0.25, 0.3) is 0 Å². The summed E-state index contributed by atoms with van der Waals surface area (Å²) >= 11 is 0. The van der Waals surface area contributed by atoms with Crippen molar-refractivity contribution in [2.24, 2.45) is 0 Å². The van der Waals surface area contributed by atoms with E-state index in [1.165, 1.54) is 0 Å². The van der Waals surface area contributed by atoms with Crippen molar-refractivity contribution in [3.8, 4) is 0 Å². The van der Waals surface area contributed by atoms with Crippen LogP contribution in [0, 0.1) is 0 Å². The second-order valence-electron chi connectivity index (χ2n) is 6.13. The second kappa shape index (κ2) is 6.72. The first kappa shape index (κ1) is 15.4. The molecule has 2 saturated heterocycles. The third kappa shape index (κ3) is 3.82. The Bertz CT molecular complexity index is 489. The zero-order valence-corrected chi connectivity index (χ0v) is 12.7. The van der Waals surface area contributed by atoms with Gasteiger partial charge in [0.05, 0.1) is 38.1 Å². The molecule has 0 spiro atoms. The molecule has 0 radical (unpaired) electrons. The molecule has 2 aliphatic heterocycles. The Balaban J connectivity index is 1.54. The molecule has 3 rings (SSSR count). The first-order valence-corrected chi connectivity index (χ1v) is 7.79. The number of hydrogen-bond acceptors (Lipinski definition) is 6. The molecule has 1 atom stereocenters. The first-order chi connectivity index (χ1) is 10.6. The topological polar surface area (TPSA) is 83.7 Å². The fourth-order valence-electron chi connectivity index (χ4n) is 3.19. The zero-order chi connectivity index (χ0) is 15.4. The van der Waals surface area contributed by atoms with Crippen molar-refractivity contribution in [1.29, 1.82) is 0 Å². The van der Waals surface area contributed by atoms with Crippen LogP contribution < -0.4 is 0 Å². The van der Waals surface area contributed by atoms with E-state index in [0.29, 0.717) is 45.9 Å². The van der Waals surface area contributed by atoms with Crippen molar-refractivity contribution in [2.45, 2.75) is 25.0 Å². The van der Waals surface area contributed by atoms with Crippen LogP contribution in [-0.4, -0.2) is 87.3 Å². The van der Waals surface area contributed by atoms with Gasteiger partial charge in [-0.1, -0.05) is 5.21 Å². The van der Waals surface area contributed by atoms with Gasteiger partial charge in [-0.15, -0.1) is 5.10 Å². The van der Waals surface area contributed by atoms with Crippen LogP contribution in [0.3, 0.4) is 0 Å². The molecule has 3 heterocycles. The lowest BCUT2D eigenvalue weighted by molar-refractivity contribution is -0.138. The molecule has 8 nitrogen and oxygen atoms in total. The van der Waals surface area contributed by atoms with Gasteiger partial charge in [0, 0.05) is 25.8 Å². The lowest BCUT2D eigenvalue weighted by Gasteiger charge is -2.39. The number of carbonyl (C=O) groups is 1. The minimum atomic E-state index is -0.850. The molecule has 1 amide bonds. The number of morpholine rings is 1. The van der Waals surface area contributed by atoms with Gasteiger partial charge in [-0.05, 0) is 19.4 Å². The summed E-state index contributed by atoms with van der Waals surface area (Å²) in [6.07, 6.45) is 4.94. The SMILES string of the molecule is O=C(CN1CCC[C@@](O)(Cn2ccnn2)C1)N1CCOCC1. The Kier molecular flexibility index (Phi) is 4.70. The van der Waals surface area contributed by atoms with Crippen LogP contribution in [0.2, 0.25) is 0 Å². The van der Waals surface area contributed by atoms with Crippen LogP contribution in [0.4, 0.5) is 0 Å². The Morgan fingerprint density at radius 2 is 2.14 bits per heavy atom. The highest BCUT2D eigenvalue weighted by Crippen LogP contribution is 2.22. The standard InChI is InChI=1S/C14H23N5O3/c20-13(18-6-8-22-9-7-18)10-17-4-1-2-14(21,11-17)12-19-5-3-15-16-19/h3,5,21H,1-2,4,6-12H2/t14-/m0/s1. The quantitative estimate of drug-likeness (QED) is 0.765. The number of aromatic nitrogens is 3. The summed E-state index contributed by atoms with van der Waals surface area (Å²) in [6.45, 7) is 4.66. The maximum Gasteiger partial charge on any atom is 0.236 e. The van der Waals surface area contributed by atoms with Crippen LogP contribution in [0.15, 0.2) is 12.4 Å². The Hall–Kier alpha value is -1.51. The average molecular weight is 309 g/mol. The minimum absolute atomic E-state index is 0.119. The predicted molar refractivity (Wildman–Crippen MR) is 78.0 cm³/mol. The number of aliphatic hydroxyl groups is 1. The van der Waals surface area contributed by atoms with Crippen molar-refractivity contribution < 1.29 is 14.6 Å². The molecule has 1 aromatic heterocycles. The molecule has 0 saturated carbocycles. The van der Waals surface area contributed by atoms with Gasteiger partial charge in [-0.25, -0.2) is 4.68 Å². The molecule has 22 heavy (non-hydrogen) atoms. The highest BCUT2D eigenvalue weighted by Gasteiger charge is 2.35. The van der Waals surface area contributed by atoms with Crippen molar-refractivity contribution in [2.75, 3.05) is 45.9 Å². The third-order valence-electron chi connectivity index (χ3n) is 4.29. The van der Waals surface area contributed by atoms with E-state index in [2.05, 4.69) is 10.3 Å². The number of piperidine rings is 1. The predicted octanol–water partition coefficient (Wildman–Crippen LogP) is -1.04. The maximum absolute atomic E-state index is 12.3. The molecule has 2 fully saturated rings. The Labute approximate surface area is 129 Å². The van der Waals surface area contributed by atoms with E-state index in [1.54, 1.807) is 17.1 Å². The highest BCUT2D eigenvalue weighted by atomic mass is 16.5. The molecule has 0 unspecified atom stereocenters. The molecule has 2 aliphatic rings. The number of rotatable bonds is 4. The van der Waals surface area contributed by atoms with E-state index in [9.17, 15) is 9.90 Å². The van der Waals surface area contributed by atoms with E-state index >= 15 is 0 Å². The first-order valence-electron chi connectivity index (χ1n) is 7.79. The van der Waals surface area contributed by atoms with E-state index < -0.39 is 5.60 Å². The van der Waals surface area contributed by atoms with Gasteiger partial charge in [-0.2, -0.15) is 0 Å². The van der Waals surface area contributed by atoms with Crippen LogP contribution in [0.25, 0.3) is 0 Å². The smallest absolute Gasteiger partial charge is 0.236 e. The average Bonchev–Trinajstić information content (AvgIpc) is 3.00. The summed E-state index contributed by atoms with van der Waals surface area (Å²) in [4.78, 5) is 16.2. The lowest BCUT2D eigenvalue weighted by Crippen LogP contribution is -2.54. The number of carbonyl (C=O) groups excluding carboxylic acids is 1. The van der Waals surface area contributed by atoms with Gasteiger partial charge in [0.15, 0.2) is 0 Å². The van der Waals surface area contributed by atoms with Crippen LogP contribution in [0.1, 0.15) is 12.8 Å². The van der Waals surface area contributed by atoms with Crippen molar-refractivity contribution >= 4 is 5.91 Å². The van der Waals surface area contributed by atoms with E-state index in [-0.39, 0.29) is 5.91 Å². The molecular formula is C14H23N5O3. The second-order valence-corrected chi connectivity index (χ2v) is 6.13. The normalized spacial score (nSPS) is 27.0. The molecule has 122 valence electrons. The maximum atomic E-state index is 12.3. The van der Waals surface area contributed by atoms with Gasteiger partial charge >= 0.3 is 0 Å². The number of β-amino-alcohol motifs (C(OH)–C–C–N with tert-alkyl or cyclic N) is 1. The van der Waals surface area contributed by atoms with Crippen molar-refractivity contribution in [3.63, 3.8) is 0 Å². The van der Waals surface area contributed by atoms with E-state index in [0.717, 1.165) is 19.4 Å². The lowest BCUT2D eigenvalue weighted by atomic mass is 9.93. The van der Waals surface area contributed by atoms with Crippen molar-refractivity contribution in [1.82, 2.24) is 24.8 Å². The van der Waals surface area contributed by atoms with Gasteiger partial charge in [0.1, 0.15) is 0 Å². The van der Waals surface area contributed by atoms with Gasteiger partial charge < -0.3 is 14.7 Å². The molecule has 1 aromatic rings. The van der Waals surface area contributed by atoms with E-state index in [4.69, 9.17) is 4.74 Å². The van der Waals surface area contributed by atoms with Crippen LogP contribution in [0.5, 0.6) is 0 Å². The fraction of sp³-hybridized carbons (Fsp3) is 0.786. The summed E-state index contributed by atoms with van der Waals surface area (Å²) in [7, 11) is 0. The van der Waals surface area contributed by atoms with Crippen molar-refractivity contribution in [3.05, 3.63) is 12.4 Å². The largest absolute Gasteiger partial charge is 0.387 e.